The molecule has 1 atom stereocenters. The van der Waals surface area contributed by atoms with Gasteiger partial charge in [0.25, 0.3) is 5.91 Å². The molecule has 1 amide bonds. The molecular weight excluding hydrogens is 297 g/mol. The molecule has 0 bridgehead atoms. The molecule has 1 aromatic carbocycles. The summed E-state index contributed by atoms with van der Waals surface area (Å²) in [5.74, 6) is -3.08. The Morgan fingerprint density at radius 3 is 2.59 bits per heavy atom. The van der Waals surface area contributed by atoms with E-state index < -0.39 is 30.3 Å². The number of carboxylic acids is 1. The quantitative estimate of drug-likeness (QED) is 0.766. The van der Waals surface area contributed by atoms with Gasteiger partial charge in [-0.25, -0.2) is 9.18 Å². The van der Waals surface area contributed by atoms with Crippen LogP contribution in [0, 0.1) is 5.82 Å². The summed E-state index contributed by atoms with van der Waals surface area (Å²) in [6.07, 6.45) is 0. The summed E-state index contributed by atoms with van der Waals surface area (Å²) in [4.78, 5) is 22.2. The standard InChI is InChI=1S/C10H9BrFNO4/c11-5-2-1-3-6(12)8(5)9(15)13-7(4-14)10(16)17/h1-3,7,14H,4H2,(H,13,15)(H,16,17)/t7-/m0/s1. The van der Waals surface area contributed by atoms with Crippen molar-refractivity contribution in [1.29, 1.82) is 0 Å². The maximum absolute atomic E-state index is 13.4. The molecule has 17 heavy (non-hydrogen) atoms. The molecule has 0 aliphatic carbocycles. The van der Waals surface area contributed by atoms with Gasteiger partial charge in [-0.05, 0) is 28.1 Å². The fraction of sp³-hybridized carbons (Fsp3) is 0.200. The van der Waals surface area contributed by atoms with Crippen LogP contribution in [0.15, 0.2) is 22.7 Å². The number of aliphatic hydroxyl groups is 1. The molecule has 0 heterocycles. The molecule has 0 radical (unpaired) electrons. The van der Waals surface area contributed by atoms with Gasteiger partial charge >= 0.3 is 5.97 Å². The number of halogens is 2. The highest BCUT2D eigenvalue weighted by atomic mass is 79.9. The third-order valence-electron chi connectivity index (χ3n) is 1.98. The van der Waals surface area contributed by atoms with Crippen LogP contribution in [-0.4, -0.2) is 34.7 Å². The molecule has 7 heteroatoms. The van der Waals surface area contributed by atoms with Crippen molar-refractivity contribution >= 4 is 27.8 Å². The number of hydrogen-bond acceptors (Lipinski definition) is 3. The van der Waals surface area contributed by atoms with Crippen LogP contribution >= 0.6 is 15.9 Å². The van der Waals surface area contributed by atoms with Crippen LogP contribution in [0.25, 0.3) is 0 Å². The van der Waals surface area contributed by atoms with E-state index in [4.69, 9.17) is 10.2 Å². The fourth-order valence-electron chi connectivity index (χ4n) is 1.13. The summed E-state index contributed by atoms with van der Waals surface area (Å²) in [5.41, 5.74) is -0.299. The molecule has 0 unspecified atom stereocenters. The first kappa shape index (κ1) is 13.6. The van der Waals surface area contributed by atoms with E-state index in [0.717, 1.165) is 6.07 Å². The Morgan fingerprint density at radius 2 is 2.12 bits per heavy atom. The Labute approximate surface area is 104 Å². The van der Waals surface area contributed by atoms with E-state index in [1.54, 1.807) is 0 Å². The average Bonchev–Trinajstić information content (AvgIpc) is 2.25. The van der Waals surface area contributed by atoms with Crippen LogP contribution in [-0.2, 0) is 4.79 Å². The van der Waals surface area contributed by atoms with Crippen molar-refractivity contribution in [1.82, 2.24) is 5.32 Å². The second-order valence-corrected chi connectivity index (χ2v) is 4.00. The van der Waals surface area contributed by atoms with Crippen molar-refractivity contribution in [2.24, 2.45) is 0 Å². The molecule has 5 nitrogen and oxygen atoms in total. The Hall–Kier alpha value is -1.47. The van der Waals surface area contributed by atoms with Gasteiger partial charge in [-0.3, -0.25) is 4.79 Å². The number of carbonyl (C=O) groups is 2. The van der Waals surface area contributed by atoms with Crippen LogP contribution in [0.5, 0.6) is 0 Å². The van der Waals surface area contributed by atoms with E-state index in [9.17, 15) is 14.0 Å². The number of carbonyl (C=O) groups excluding carboxylic acids is 1. The molecule has 0 aromatic heterocycles. The monoisotopic (exact) mass is 305 g/mol. The van der Waals surface area contributed by atoms with Crippen LogP contribution in [0.1, 0.15) is 10.4 Å². The number of carboxylic acid groups (broad SMARTS) is 1. The first-order valence-electron chi connectivity index (χ1n) is 4.56. The minimum atomic E-state index is -1.46. The lowest BCUT2D eigenvalue weighted by atomic mass is 10.2. The molecule has 0 aliphatic rings. The second-order valence-electron chi connectivity index (χ2n) is 3.14. The summed E-state index contributed by atoms with van der Waals surface area (Å²) in [6, 6.07) is 2.46. The summed E-state index contributed by atoms with van der Waals surface area (Å²) in [6.45, 7) is -0.771. The minimum absolute atomic E-state index is 0.206. The van der Waals surface area contributed by atoms with E-state index in [1.807, 2.05) is 5.32 Å². The van der Waals surface area contributed by atoms with Gasteiger partial charge in [0.15, 0.2) is 6.04 Å². The molecule has 92 valence electrons. The third-order valence-corrected chi connectivity index (χ3v) is 2.64. The molecule has 1 aromatic rings. The molecule has 0 saturated heterocycles. The van der Waals surface area contributed by atoms with Gasteiger partial charge in [-0.2, -0.15) is 0 Å². The Morgan fingerprint density at radius 1 is 1.47 bits per heavy atom. The molecular formula is C10H9BrFNO4. The minimum Gasteiger partial charge on any atom is -0.480 e. The van der Waals surface area contributed by atoms with Gasteiger partial charge in [0.2, 0.25) is 0 Å². The van der Waals surface area contributed by atoms with Crippen molar-refractivity contribution in [2.45, 2.75) is 6.04 Å². The van der Waals surface area contributed by atoms with Crippen molar-refractivity contribution in [3.63, 3.8) is 0 Å². The fourth-order valence-corrected chi connectivity index (χ4v) is 1.65. The predicted octanol–water partition coefficient (Wildman–Crippen LogP) is 0.763. The van der Waals surface area contributed by atoms with E-state index in [1.165, 1.54) is 12.1 Å². The number of aliphatic hydroxyl groups excluding tert-OH is 1. The summed E-state index contributed by atoms with van der Waals surface area (Å²) in [5, 5.41) is 19.4. The zero-order chi connectivity index (χ0) is 13.0. The first-order chi connectivity index (χ1) is 7.97. The molecule has 3 N–H and O–H groups in total. The van der Waals surface area contributed by atoms with E-state index in [-0.39, 0.29) is 10.0 Å². The van der Waals surface area contributed by atoms with Crippen molar-refractivity contribution in [3.8, 4) is 0 Å². The zero-order valence-electron chi connectivity index (χ0n) is 8.48. The van der Waals surface area contributed by atoms with Gasteiger partial charge in [0.05, 0.1) is 12.2 Å². The third kappa shape index (κ3) is 3.24. The topological polar surface area (TPSA) is 86.6 Å². The number of aliphatic carboxylic acids is 1. The van der Waals surface area contributed by atoms with Crippen LogP contribution in [0.4, 0.5) is 4.39 Å². The van der Waals surface area contributed by atoms with Gasteiger partial charge < -0.3 is 15.5 Å². The van der Waals surface area contributed by atoms with Crippen molar-refractivity contribution in [3.05, 3.63) is 34.1 Å². The Bertz CT molecular complexity index is 432. The van der Waals surface area contributed by atoms with Crippen molar-refractivity contribution in [2.75, 3.05) is 6.61 Å². The molecule has 0 spiro atoms. The lowest BCUT2D eigenvalue weighted by Gasteiger charge is -2.12. The number of hydrogen-bond donors (Lipinski definition) is 3. The molecule has 1 rings (SSSR count). The molecule has 0 fully saturated rings. The highest BCUT2D eigenvalue weighted by Gasteiger charge is 2.22. The normalized spacial score (nSPS) is 11.9. The maximum Gasteiger partial charge on any atom is 0.328 e. The van der Waals surface area contributed by atoms with Crippen LogP contribution in [0.3, 0.4) is 0 Å². The summed E-state index contributed by atoms with van der Waals surface area (Å²) >= 11 is 2.99. The number of benzene rings is 1. The number of rotatable bonds is 4. The number of nitrogens with one attached hydrogen (secondary N) is 1. The predicted molar refractivity (Wildman–Crippen MR) is 60.1 cm³/mol. The van der Waals surface area contributed by atoms with Gasteiger partial charge in [0.1, 0.15) is 5.82 Å². The average molecular weight is 306 g/mol. The van der Waals surface area contributed by atoms with Gasteiger partial charge in [-0.15, -0.1) is 0 Å². The van der Waals surface area contributed by atoms with Gasteiger partial charge in [-0.1, -0.05) is 6.07 Å². The maximum atomic E-state index is 13.4. The summed E-state index contributed by atoms with van der Waals surface area (Å²) in [7, 11) is 0. The largest absolute Gasteiger partial charge is 0.480 e. The molecule has 0 saturated carbocycles. The van der Waals surface area contributed by atoms with Crippen LogP contribution < -0.4 is 5.32 Å². The van der Waals surface area contributed by atoms with E-state index >= 15 is 0 Å². The Balaban J connectivity index is 2.94. The lowest BCUT2D eigenvalue weighted by Crippen LogP contribution is -2.43. The van der Waals surface area contributed by atoms with Gasteiger partial charge in [0, 0.05) is 4.47 Å². The lowest BCUT2D eigenvalue weighted by molar-refractivity contribution is -0.140. The van der Waals surface area contributed by atoms with E-state index in [2.05, 4.69) is 15.9 Å². The smallest absolute Gasteiger partial charge is 0.328 e. The molecule has 0 aliphatic heterocycles. The van der Waals surface area contributed by atoms with E-state index in [0.29, 0.717) is 0 Å². The zero-order valence-corrected chi connectivity index (χ0v) is 10.1. The first-order valence-corrected chi connectivity index (χ1v) is 5.35. The highest BCUT2D eigenvalue weighted by Crippen LogP contribution is 2.19. The Kier molecular flexibility index (Phi) is 4.59. The SMILES string of the molecule is O=C(N[C@@H](CO)C(=O)O)c1c(F)cccc1Br. The second kappa shape index (κ2) is 5.74. The number of amides is 1. The van der Waals surface area contributed by atoms with Crippen molar-refractivity contribution < 1.29 is 24.2 Å². The van der Waals surface area contributed by atoms with Crippen LogP contribution in [0.2, 0.25) is 0 Å². The summed E-state index contributed by atoms with van der Waals surface area (Å²) < 4.78 is 13.6. The highest BCUT2D eigenvalue weighted by molar-refractivity contribution is 9.10.